The van der Waals surface area contributed by atoms with Crippen molar-refractivity contribution in [3.63, 3.8) is 0 Å². The summed E-state index contributed by atoms with van der Waals surface area (Å²) in [6, 6.07) is 17.1. The molecule has 6 nitrogen and oxygen atoms in total. The fraction of sp³-hybridized carbons (Fsp3) is 0.190. The first-order chi connectivity index (χ1) is 13.6. The Bertz CT molecular complexity index is 984. The lowest BCUT2D eigenvalue weighted by molar-refractivity contribution is -0.118. The predicted molar refractivity (Wildman–Crippen MR) is 113 cm³/mol. The number of nitrogens with zero attached hydrogens (tertiary/aromatic N) is 3. The zero-order chi connectivity index (χ0) is 19.9. The summed E-state index contributed by atoms with van der Waals surface area (Å²) in [5.74, 6) is -0.336. The van der Waals surface area contributed by atoms with E-state index in [2.05, 4.69) is 11.6 Å². The Hall–Kier alpha value is -3.06. The molecule has 2 aromatic carbocycles. The molecule has 1 heterocycles. The van der Waals surface area contributed by atoms with Crippen LogP contribution >= 0.6 is 11.8 Å². The molecule has 28 heavy (non-hydrogen) atoms. The number of anilines is 1. The molecular formula is C21H22N4O2S. The number of rotatable bonds is 9. The lowest BCUT2D eigenvalue weighted by Gasteiger charge is -2.22. The first-order valence-corrected chi connectivity index (χ1v) is 9.91. The number of allylic oxidation sites excluding steroid dienone is 1. The predicted octanol–water partition coefficient (Wildman–Crippen LogP) is 3.22. The minimum Gasteiger partial charge on any atom is -0.370 e. The quantitative estimate of drug-likeness (QED) is 0.446. The van der Waals surface area contributed by atoms with Crippen LogP contribution in [0.3, 0.4) is 0 Å². The van der Waals surface area contributed by atoms with Crippen LogP contribution in [0.1, 0.15) is 6.42 Å². The van der Waals surface area contributed by atoms with Crippen LogP contribution in [-0.4, -0.2) is 33.7 Å². The number of fused-ring (bicyclic) bond motifs is 1. The van der Waals surface area contributed by atoms with Crippen molar-refractivity contribution in [1.82, 2.24) is 9.55 Å². The number of para-hydroxylation sites is 3. The number of imidazole rings is 1. The highest BCUT2D eigenvalue weighted by Gasteiger charge is 2.18. The second kappa shape index (κ2) is 9.23. The molecule has 0 aliphatic rings. The molecule has 0 fully saturated rings. The fourth-order valence-corrected chi connectivity index (χ4v) is 3.80. The van der Waals surface area contributed by atoms with Crippen LogP contribution in [0, 0.1) is 0 Å². The van der Waals surface area contributed by atoms with E-state index in [0.717, 1.165) is 21.9 Å². The maximum atomic E-state index is 12.9. The van der Waals surface area contributed by atoms with E-state index in [1.807, 2.05) is 65.2 Å². The molecule has 3 rings (SSSR count). The number of carbonyl (C=O) groups is 2. The van der Waals surface area contributed by atoms with Crippen molar-refractivity contribution in [3.05, 3.63) is 67.3 Å². The third-order valence-electron chi connectivity index (χ3n) is 4.21. The normalized spacial score (nSPS) is 10.7. The Morgan fingerprint density at radius 2 is 1.86 bits per heavy atom. The number of thioether (sulfide) groups is 1. The van der Waals surface area contributed by atoms with Gasteiger partial charge in [-0.1, -0.05) is 48.2 Å². The summed E-state index contributed by atoms with van der Waals surface area (Å²) in [7, 11) is 0. The van der Waals surface area contributed by atoms with Crippen molar-refractivity contribution < 1.29 is 9.59 Å². The Morgan fingerprint density at radius 1 is 1.14 bits per heavy atom. The average molecular weight is 395 g/mol. The molecule has 0 saturated carbocycles. The molecule has 0 aliphatic heterocycles. The fourth-order valence-electron chi connectivity index (χ4n) is 2.90. The summed E-state index contributed by atoms with van der Waals surface area (Å²) < 4.78 is 2.04. The van der Waals surface area contributed by atoms with Gasteiger partial charge in [-0.05, 0) is 24.3 Å². The lowest BCUT2D eigenvalue weighted by atomic mass is 10.2. The zero-order valence-corrected chi connectivity index (χ0v) is 16.3. The average Bonchev–Trinajstić information content (AvgIpc) is 3.05. The van der Waals surface area contributed by atoms with Crippen LogP contribution in [0.15, 0.2) is 72.4 Å². The Kier molecular flexibility index (Phi) is 6.49. The summed E-state index contributed by atoms with van der Waals surface area (Å²) in [4.78, 5) is 30.4. The molecule has 0 atom stereocenters. The van der Waals surface area contributed by atoms with E-state index >= 15 is 0 Å². The maximum absolute atomic E-state index is 12.9. The van der Waals surface area contributed by atoms with Gasteiger partial charge >= 0.3 is 0 Å². The summed E-state index contributed by atoms with van der Waals surface area (Å²) in [6.45, 7) is 4.67. The Labute approximate surface area is 168 Å². The maximum Gasteiger partial charge on any atom is 0.237 e. The van der Waals surface area contributed by atoms with Crippen molar-refractivity contribution >= 4 is 40.3 Å². The van der Waals surface area contributed by atoms with Gasteiger partial charge < -0.3 is 15.2 Å². The molecule has 0 radical (unpaired) electrons. The van der Waals surface area contributed by atoms with Gasteiger partial charge in [-0.15, -0.1) is 6.58 Å². The molecule has 1 aromatic heterocycles. The van der Waals surface area contributed by atoms with E-state index in [0.29, 0.717) is 6.54 Å². The smallest absolute Gasteiger partial charge is 0.237 e. The lowest BCUT2D eigenvalue weighted by Crippen LogP contribution is -2.35. The molecule has 0 aliphatic carbocycles. The summed E-state index contributed by atoms with van der Waals surface area (Å²) >= 11 is 1.37. The van der Waals surface area contributed by atoms with Crippen molar-refractivity contribution in [3.8, 4) is 0 Å². The van der Waals surface area contributed by atoms with Crippen molar-refractivity contribution in [2.75, 3.05) is 17.2 Å². The van der Waals surface area contributed by atoms with E-state index in [9.17, 15) is 9.59 Å². The van der Waals surface area contributed by atoms with E-state index in [-0.39, 0.29) is 24.6 Å². The molecule has 7 heteroatoms. The molecule has 2 amide bonds. The molecular weight excluding hydrogens is 372 g/mol. The van der Waals surface area contributed by atoms with Gasteiger partial charge in [0, 0.05) is 25.2 Å². The van der Waals surface area contributed by atoms with Gasteiger partial charge in [0.1, 0.15) is 0 Å². The van der Waals surface area contributed by atoms with Crippen LogP contribution in [0.2, 0.25) is 0 Å². The van der Waals surface area contributed by atoms with Gasteiger partial charge in [-0.2, -0.15) is 0 Å². The Balaban J connectivity index is 1.79. The monoisotopic (exact) mass is 394 g/mol. The third-order valence-corrected chi connectivity index (χ3v) is 5.17. The van der Waals surface area contributed by atoms with Gasteiger partial charge in [0.25, 0.3) is 0 Å². The van der Waals surface area contributed by atoms with Gasteiger partial charge in [-0.25, -0.2) is 4.98 Å². The minimum atomic E-state index is -0.436. The Morgan fingerprint density at radius 3 is 2.57 bits per heavy atom. The summed E-state index contributed by atoms with van der Waals surface area (Å²) in [6.07, 6.45) is 1.92. The van der Waals surface area contributed by atoms with E-state index in [1.165, 1.54) is 11.8 Å². The first kappa shape index (κ1) is 19.7. The summed E-state index contributed by atoms with van der Waals surface area (Å²) in [5.41, 5.74) is 7.91. The van der Waals surface area contributed by atoms with Crippen molar-refractivity contribution in [2.45, 2.75) is 18.1 Å². The highest BCUT2D eigenvalue weighted by atomic mass is 32.2. The second-order valence-corrected chi connectivity index (χ2v) is 7.11. The number of carbonyl (C=O) groups excluding carboxylic acids is 2. The number of amides is 2. The van der Waals surface area contributed by atoms with Gasteiger partial charge in [0.05, 0.1) is 16.8 Å². The van der Waals surface area contributed by atoms with Crippen LogP contribution in [0.4, 0.5) is 5.69 Å². The van der Waals surface area contributed by atoms with Gasteiger partial charge in [0.15, 0.2) is 5.16 Å². The highest BCUT2D eigenvalue weighted by molar-refractivity contribution is 7.99. The highest BCUT2D eigenvalue weighted by Crippen LogP contribution is 2.25. The van der Waals surface area contributed by atoms with E-state index in [1.54, 1.807) is 4.90 Å². The molecule has 3 aromatic rings. The van der Waals surface area contributed by atoms with Crippen molar-refractivity contribution in [2.24, 2.45) is 5.73 Å². The topological polar surface area (TPSA) is 81.2 Å². The first-order valence-electron chi connectivity index (χ1n) is 8.93. The van der Waals surface area contributed by atoms with E-state index in [4.69, 9.17) is 5.73 Å². The SMILES string of the molecule is C=CCn1c(SCC(=O)N(CCC(N)=O)c2ccccc2)nc2ccccc21. The zero-order valence-electron chi connectivity index (χ0n) is 15.5. The standard InChI is InChI=1S/C21H22N4O2S/c1-2-13-25-18-11-7-6-10-17(18)23-21(25)28-15-20(27)24(14-12-19(22)26)16-8-4-3-5-9-16/h2-11H,1,12-15H2,(H2,22,26). The number of aromatic nitrogens is 2. The largest absolute Gasteiger partial charge is 0.370 e. The number of primary amides is 1. The molecule has 0 unspecified atom stereocenters. The molecule has 0 saturated heterocycles. The van der Waals surface area contributed by atoms with Crippen LogP contribution in [0.25, 0.3) is 11.0 Å². The number of benzene rings is 2. The number of hydrogen-bond donors (Lipinski definition) is 1. The number of nitrogens with two attached hydrogens (primary N) is 1. The van der Waals surface area contributed by atoms with Gasteiger partial charge in [0.2, 0.25) is 11.8 Å². The molecule has 144 valence electrons. The summed E-state index contributed by atoms with van der Waals surface area (Å²) in [5, 5.41) is 0.761. The van der Waals surface area contributed by atoms with Gasteiger partial charge in [-0.3, -0.25) is 9.59 Å². The third kappa shape index (κ3) is 4.61. The second-order valence-electron chi connectivity index (χ2n) is 6.17. The van der Waals surface area contributed by atoms with E-state index < -0.39 is 5.91 Å². The molecule has 2 N–H and O–H groups in total. The molecule has 0 spiro atoms. The van der Waals surface area contributed by atoms with Crippen LogP contribution in [0.5, 0.6) is 0 Å². The van der Waals surface area contributed by atoms with Crippen molar-refractivity contribution in [1.29, 1.82) is 0 Å². The molecule has 0 bridgehead atoms. The number of hydrogen-bond acceptors (Lipinski definition) is 4. The van der Waals surface area contributed by atoms with Crippen LogP contribution in [-0.2, 0) is 16.1 Å². The minimum absolute atomic E-state index is 0.102. The van der Waals surface area contributed by atoms with Crippen LogP contribution < -0.4 is 10.6 Å².